The molecule has 112 valence electrons. The van der Waals surface area contributed by atoms with Crippen molar-refractivity contribution in [2.75, 3.05) is 24.5 Å². The molecule has 3 heteroatoms. The van der Waals surface area contributed by atoms with E-state index < -0.39 is 0 Å². The van der Waals surface area contributed by atoms with Gasteiger partial charge >= 0.3 is 0 Å². The van der Waals surface area contributed by atoms with Crippen molar-refractivity contribution in [3.8, 4) is 0 Å². The van der Waals surface area contributed by atoms with Crippen molar-refractivity contribution in [2.24, 2.45) is 5.92 Å². The van der Waals surface area contributed by atoms with Gasteiger partial charge in [-0.2, -0.15) is 0 Å². The van der Waals surface area contributed by atoms with Crippen LogP contribution in [-0.4, -0.2) is 19.6 Å². The normalized spacial score (nSPS) is 18.8. The quantitative estimate of drug-likeness (QED) is 0.747. The predicted octanol–water partition coefficient (Wildman–Crippen LogP) is 4.47. The van der Waals surface area contributed by atoms with Crippen molar-refractivity contribution in [3.63, 3.8) is 0 Å². The number of nitrogens with zero attached hydrogens (tertiary/aromatic N) is 1. The summed E-state index contributed by atoms with van der Waals surface area (Å²) in [5.74, 6) is 0.868. The first-order valence-corrected chi connectivity index (χ1v) is 8.36. The van der Waals surface area contributed by atoms with Crippen LogP contribution in [0.15, 0.2) is 18.2 Å². The second-order valence-electron chi connectivity index (χ2n) is 5.84. The first-order valence-electron chi connectivity index (χ1n) is 7.98. The van der Waals surface area contributed by atoms with E-state index in [0.29, 0.717) is 0 Å². The molecule has 0 saturated carbocycles. The van der Waals surface area contributed by atoms with E-state index in [0.717, 1.165) is 30.5 Å². The second-order valence-corrected chi connectivity index (χ2v) is 6.28. The average Bonchev–Trinajstić information content (AvgIpc) is 2.88. The van der Waals surface area contributed by atoms with Gasteiger partial charge in [0.1, 0.15) is 0 Å². The number of hydrogen-bond donors (Lipinski definition) is 1. The number of nitrogens with one attached hydrogen (secondary N) is 1. The van der Waals surface area contributed by atoms with E-state index in [-0.39, 0.29) is 0 Å². The monoisotopic (exact) mass is 294 g/mol. The fourth-order valence-corrected chi connectivity index (χ4v) is 3.29. The molecular weight excluding hydrogens is 268 g/mol. The van der Waals surface area contributed by atoms with Crippen molar-refractivity contribution in [3.05, 3.63) is 28.8 Å². The zero-order valence-corrected chi connectivity index (χ0v) is 13.5. The molecule has 1 aromatic rings. The zero-order valence-electron chi connectivity index (χ0n) is 12.8. The van der Waals surface area contributed by atoms with Crippen LogP contribution in [0.1, 0.15) is 45.1 Å². The minimum Gasteiger partial charge on any atom is -0.371 e. The topological polar surface area (TPSA) is 15.3 Å². The summed E-state index contributed by atoms with van der Waals surface area (Å²) in [4.78, 5) is 2.54. The van der Waals surface area contributed by atoms with Crippen LogP contribution >= 0.6 is 11.6 Å². The van der Waals surface area contributed by atoms with E-state index in [2.05, 4.69) is 36.2 Å². The zero-order chi connectivity index (χ0) is 14.4. The van der Waals surface area contributed by atoms with Crippen molar-refractivity contribution in [2.45, 2.75) is 46.1 Å². The molecule has 0 aliphatic carbocycles. The lowest BCUT2D eigenvalue weighted by Gasteiger charge is -2.23. The molecule has 0 spiro atoms. The standard InChI is InChI=1S/C17H27ClN2/c1-3-5-14-8-10-20(13-14)17-7-6-16(18)11-15(17)12-19-9-4-2/h6-7,11,14,19H,3-5,8-10,12-13H2,1-2H3. The van der Waals surface area contributed by atoms with Gasteiger partial charge in [-0.25, -0.2) is 0 Å². The molecular formula is C17H27ClN2. The van der Waals surface area contributed by atoms with Gasteiger partial charge in [0, 0.05) is 30.3 Å². The molecule has 1 saturated heterocycles. The molecule has 0 radical (unpaired) electrons. The SMILES string of the molecule is CCCNCc1cc(Cl)ccc1N1CCC(CCC)C1. The molecule has 0 bridgehead atoms. The molecule has 2 rings (SSSR count). The highest BCUT2D eigenvalue weighted by molar-refractivity contribution is 6.30. The number of hydrogen-bond acceptors (Lipinski definition) is 2. The van der Waals surface area contributed by atoms with E-state index >= 15 is 0 Å². The Morgan fingerprint density at radius 2 is 2.15 bits per heavy atom. The largest absolute Gasteiger partial charge is 0.371 e. The highest BCUT2D eigenvalue weighted by atomic mass is 35.5. The second kappa shape index (κ2) is 7.90. The molecule has 1 aliphatic heterocycles. The molecule has 2 nitrogen and oxygen atoms in total. The van der Waals surface area contributed by atoms with Crippen LogP contribution in [0.5, 0.6) is 0 Å². The lowest BCUT2D eigenvalue weighted by molar-refractivity contribution is 0.529. The number of anilines is 1. The van der Waals surface area contributed by atoms with E-state index in [4.69, 9.17) is 11.6 Å². The number of benzene rings is 1. The number of rotatable bonds is 7. The van der Waals surface area contributed by atoms with Gasteiger partial charge in [-0.05, 0) is 55.5 Å². The van der Waals surface area contributed by atoms with Gasteiger partial charge < -0.3 is 10.2 Å². The van der Waals surface area contributed by atoms with Gasteiger partial charge in [-0.1, -0.05) is 31.9 Å². The smallest absolute Gasteiger partial charge is 0.0412 e. The summed E-state index contributed by atoms with van der Waals surface area (Å²) in [5, 5.41) is 4.33. The average molecular weight is 295 g/mol. The van der Waals surface area contributed by atoms with Crippen molar-refractivity contribution >= 4 is 17.3 Å². The van der Waals surface area contributed by atoms with Crippen LogP contribution in [0.4, 0.5) is 5.69 Å². The lowest BCUT2D eigenvalue weighted by Crippen LogP contribution is -2.23. The van der Waals surface area contributed by atoms with Gasteiger partial charge in [0.2, 0.25) is 0 Å². The molecule has 1 atom stereocenters. The van der Waals surface area contributed by atoms with Crippen molar-refractivity contribution < 1.29 is 0 Å². The summed E-state index contributed by atoms with van der Waals surface area (Å²) in [6.07, 6.45) is 5.15. The fourth-order valence-electron chi connectivity index (χ4n) is 3.10. The Labute approximate surface area is 128 Å². The molecule has 20 heavy (non-hydrogen) atoms. The maximum atomic E-state index is 6.17. The Kier molecular flexibility index (Phi) is 6.18. The summed E-state index contributed by atoms with van der Waals surface area (Å²) in [5.41, 5.74) is 2.71. The number of halogens is 1. The molecule has 1 unspecified atom stereocenters. The molecule has 1 fully saturated rings. The van der Waals surface area contributed by atoms with Gasteiger partial charge in [0.25, 0.3) is 0 Å². The van der Waals surface area contributed by atoms with Gasteiger partial charge in [0.05, 0.1) is 0 Å². The molecule has 1 N–H and O–H groups in total. The summed E-state index contributed by atoms with van der Waals surface area (Å²) in [7, 11) is 0. The summed E-state index contributed by atoms with van der Waals surface area (Å²) in [6, 6.07) is 6.33. The first-order chi connectivity index (χ1) is 9.74. The van der Waals surface area contributed by atoms with Crippen LogP contribution in [-0.2, 0) is 6.54 Å². The van der Waals surface area contributed by atoms with Crippen LogP contribution in [0.3, 0.4) is 0 Å². The maximum absolute atomic E-state index is 6.17. The molecule has 1 heterocycles. The maximum Gasteiger partial charge on any atom is 0.0412 e. The van der Waals surface area contributed by atoms with Gasteiger partial charge in [0.15, 0.2) is 0 Å². The molecule has 1 aliphatic rings. The Morgan fingerprint density at radius 3 is 2.90 bits per heavy atom. The first kappa shape index (κ1) is 15.7. The van der Waals surface area contributed by atoms with Crippen molar-refractivity contribution in [1.82, 2.24) is 5.32 Å². The molecule has 0 aromatic heterocycles. The summed E-state index contributed by atoms with van der Waals surface area (Å²) >= 11 is 6.17. The van der Waals surface area contributed by atoms with Crippen molar-refractivity contribution in [1.29, 1.82) is 0 Å². The summed E-state index contributed by atoms with van der Waals surface area (Å²) < 4.78 is 0. The third kappa shape index (κ3) is 4.13. The van der Waals surface area contributed by atoms with E-state index in [1.807, 2.05) is 6.07 Å². The van der Waals surface area contributed by atoms with Crippen LogP contribution < -0.4 is 10.2 Å². The fraction of sp³-hybridized carbons (Fsp3) is 0.647. The third-order valence-electron chi connectivity index (χ3n) is 4.11. The molecule has 0 amide bonds. The van der Waals surface area contributed by atoms with Crippen LogP contribution in [0.2, 0.25) is 5.02 Å². The minimum absolute atomic E-state index is 0.839. The van der Waals surface area contributed by atoms with Crippen LogP contribution in [0, 0.1) is 5.92 Å². The van der Waals surface area contributed by atoms with Gasteiger partial charge in [-0.15, -0.1) is 0 Å². The van der Waals surface area contributed by atoms with Gasteiger partial charge in [-0.3, -0.25) is 0 Å². The Morgan fingerprint density at radius 1 is 1.30 bits per heavy atom. The molecule has 1 aromatic carbocycles. The van der Waals surface area contributed by atoms with E-state index in [1.165, 1.54) is 43.6 Å². The predicted molar refractivity (Wildman–Crippen MR) is 88.7 cm³/mol. The summed E-state index contributed by atoms with van der Waals surface area (Å²) in [6.45, 7) is 8.85. The Bertz CT molecular complexity index is 419. The Hall–Kier alpha value is -0.730. The highest BCUT2D eigenvalue weighted by Gasteiger charge is 2.23. The van der Waals surface area contributed by atoms with E-state index in [1.54, 1.807) is 0 Å². The van der Waals surface area contributed by atoms with E-state index in [9.17, 15) is 0 Å². The minimum atomic E-state index is 0.839. The Balaban J connectivity index is 2.06. The van der Waals surface area contributed by atoms with Crippen LogP contribution in [0.25, 0.3) is 0 Å². The highest BCUT2D eigenvalue weighted by Crippen LogP contribution is 2.30. The lowest BCUT2D eigenvalue weighted by atomic mass is 10.0. The third-order valence-corrected chi connectivity index (χ3v) is 4.34.